The second-order valence-electron chi connectivity index (χ2n) is 5.92. The fourth-order valence-electron chi connectivity index (χ4n) is 2.72. The Morgan fingerprint density at radius 1 is 1.36 bits per heavy atom. The maximum absolute atomic E-state index is 14.3. The Morgan fingerprint density at radius 3 is 3.00 bits per heavy atom. The molecule has 4 rings (SSSR count). The Balaban J connectivity index is 1.71. The van der Waals surface area contributed by atoms with Crippen molar-refractivity contribution in [3.05, 3.63) is 53.1 Å². The van der Waals surface area contributed by atoms with Crippen molar-refractivity contribution in [3.8, 4) is 10.6 Å². The minimum absolute atomic E-state index is 0.250. The number of aliphatic imine (C=N–C) groups is 1. The molecule has 0 amide bonds. The number of hydrogen-bond donors (Lipinski definition) is 4. The Bertz CT molecular complexity index is 1080. The minimum Gasteiger partial charge on any atom is -0.393 e. The van der Waals surface area contributed by atoms with Gasteiger partial charge in [-0.3, -0.25) is 0 Å². The molecule has 1 aliphatic heterocycles. The van der Waals surface area contributed by atoms with Crippen LogP contribution in [0.4, 0.5) is 10.2 Å². The number of fused-ring (bicyclic) bond motifs is 1. The molecule has 1 aromatic carbocycles. The smallest absolute Gasteiger partial charge is 0.151 e. The molecule has 0 aliphatic carbocycles. The van der Waals surface area contributed by atoms with Crippen molar-refractivity contribution in [1.29, 1.82) is 0 Å². The van der Waals surface area contributed by atoms with Crippen LogP contribution in [0.25, 0.3) is 20.8 Å². The number of pyridine rings is 1. The number of nitrogens with one attached hydrogen (secondary N) is 2. The van der Waals surface area contributed by atoms with Crippen molar-refractivity contribution in [1.82, 2.24) is 15.3 Å². The van der Waals surface area contributed by atoms with E-state index in [9.17, 15) is 9.50 Å². The van der Waals surface area contributed by atoms with Crippen LogP contribution in [0.15, 0.2) is 47.2 Å². The lowest BCUT2D eigenvalue weighted by Crippen LogP contribution is -2.32. The molecule has 28 heavy (non-hydrogen) atoms. The SMILES string of the molecule is OCC(O)C1=CC(Nc2nccc3nc(-c4c(F)cccc4Cl)sc23)=NCN1. The molecule has 3 aromatic rings. The van der Waals surface area contributed by atoms with Gasteiger partial charge in [0.1, 0.15) is 29.4 Å². The molecule has 2 aromatic heterocycles. The van der Waals surface area contributed by atoms with Crippen molar-refractivity contribution < 1.29 is 14.6 Å². The fourth-order valence-corrected chi connectivity index (χ4v) is 4.10. The summed E-state index contributed by atoms with van der Waals surface area (Å²) in [6, 6.07) is 6.23. The van der Waals surface area contributed by atoms with E-state index < -0.39 is 18.5 Å². The molecular formula is C18H15ClFN5O2S. The lowest BCUT2D eigenvalue weighted by molar-refractivity contribution is 0.117. The first-order valence-corrected chi connectivity index (χ1v) is 9.52. The number of aliphatic hydroxyl groups is 2. The highest BCUT2D eigenvalue weighted by Gasteiger charge is 2.18. The van der Waals surface area contributed by atoms with Crippen molar-refractivity contribution in [3.63, 3.8) is 0 Å². The molecule has 1 atom stereocenters. The molecule has 4 N–H and O–H groups in total. The molecule has 10 heteroatoms. The molecule has 7 nitrogen and oxygen atoms in total. The van der Waals surface area contributed by atoms with Gasteiger partial charge >= 0.3 is 0 Å². The van der Waals surface area contributed by atoms with Crippen LogP contribution in [0, 0.1) is 5.82 Å². The number of thiazole rings is 1. The van der Waals surface area contributed by atoms with Crippen LogP contribution in [0.3, 0.4) is 0 Å². The highest BCUT2D eigenvalue weighted by atomic mass is 35.5. The number of halogens is 2. The summed E-state index contributed by atoms with van der Waals surface area (Å²) in [7, 11) is 0. The van der Waals surface area contributed by atoms with E-state index in [2.05, 4.69) is 25.6 Å². The first kappa shape index (κ1) is 18.8. The van der Waals surface area contributed by atoms with Crippen LogP contribution in [0.2, 0.25) is 5.02 Å². The minimum atomic E-state index is -1.02. The molecular weight excluding hydrogens is 405 g/mol. The van der Waals surface area contributed by atoms with E-state index in [1.165, 1.54) is 17.4 Å². The summed E-state index contributed by atoms with van der Waals surface area (Å²) in [6.07, 6.45) is 2.17. The Hall–Kier alpha value is -2.59. The van der Waals surface area contributed by atoms with Gasteiger partial charge in [0.15, 0.2) is 5.82 Å². The quantitative estimate of drug-likeness (QED) is 0.518. The van der Waals surface area contributed by atoms with E-state index in [0.29, 0.717) is 27.9 Å². The van der Waals surface area contributed by atoms with Gasteiger partial charge in [0.05, 0.1) is 27.4 Å². The molecule has 0 spiro atoms. The predicted octanol–water partition coefficient (Wildman–Crippen LogP) is 2.76. The number of amidine groups is 1. The number of benzene rings is 1. The number of hydrogen-bond acceptors (Lipinski definition) is 8. The maximum atomic E-state index is 14.3. The van der Waals surface area contributed by atoms with E-state index >= 15 is 0 Å². The van der Waals surface area contributed by atoms with Gasteiger partial charge in [-0.25, -0.2) is 19.4 Å². The average molecular weight is 420 g/mol. The van der Waals surface area contributed by atoms with Gasteiger partial charge in [-0.2, -0.15) is 0 Å². The van der Waals surface area contributed by atoms with Crippen LogP contribution >= 0.6 is 22.9 Å². The second kappa shape index (κ2) is 7.80. The zero-order valence-corrected chi connectivity index (χ0v) is 15.9. The largest absolute Gasteiger partial charge is 0.393 e. The lowest BCUT2D eigenvalue weighted by atomic mass is 10.2. The number of aromatic nitrogens is 2. The molecule has 0 saturated heterocycles. The highest BCUT2D eigenvalue weighted by molar-refractivity contribution is 7.22. The van der Waals surface area contributed by atoms with Crippen molar-refractivity contribution in [2.45, 2.75) is 6.10 Å². The van der Waals surface area contributed by atoms with Crippen molar-refractivity contribution >= 4 is 44.8 Å². The summed E-state index contributed by atoms with van der Waals surface area (Å²) in [6.45, 7) is -0.151. The van der Waals surface area contributed by atoms with Gasteiger partial charge in [0.25, 0.3) is 0 Å². The van der Waals surface area contributed by atoms with Gasteiger partial charge in [0, 0.05) is 18.0 Å². The molecule has 0 fully saturated rings. The summed E-state index contributed by atoms with van der Waals surface area (Å²) >= 11 is 7.43. The predicted molar refractivity (Wildman–Crippen MR) is 108 cm³/mol. The highest BCUT2D eigenvalue weighted by Crippen LogP contribution is 2.38. The summed E-state index contributed by atoms with van der Waals surface area (Å²) in [5.41, 5.74) is 1.35. The Morgan fingerprint density at radius 2 is 2.21 bits per heavy atom. The van der Waals surface area contributed by atoms with Crippen LogP contribution in [-0.4, -0.2) is 45.4 Å². The van der Waals surface area contributed by atoms with E-state index in [1.807, 2.05) is 0 Å². The van der Waals surface area contributed by atoms with Gasteiger partial charge in [0.2, 0.25) is 0 Å². The van der Waals surface area contributed by atoms with Crippen LogP contribution in [0.1, 0.15) is 0 Å². The molecule has 1 unspecified atom stereocenters. The standard InChI is InChI=1S/C18H15ClFN5O2S/c19-9-2-1-3-10(20)15(9)18-24-11-4-5-21-17(16(11)28-18)25-14-6-12(13(27)7-26)22-8-23-14/h1-6,13,22,26-27H,7-8H2,(H,21,23,25). The molecule has 3 heterocycles. The number of aliphatic hydroxyl groups excluding tert-OH is 2. The maximum Gasteiger partial charge on any atom is 0.151 e. The topological polar surface area (TPSA) is 103 Å². The monoisotopic (exact) mass is 419 g/mol. The van der Waals surface area contributed by atoms with Crippen LogP contribution < -0.4 is 10.6 Å². The van der Waals surface area contributed by atoms with Gasteiger partial charge in [-0.1, -0.05) is 17.7 Å². The summed E-state index contributed by atoms with van der Waals surface area (Å²) in [5, 5.41) is 25.6. The zero-order valence-electron chi connectivity index (χ0n) is 14.4. The van der Waals surface area contributed by atoms with Gasteiger partial charge < -0.3 is 20.8 Å². The lowest BCUT2D eigenvalue weighted by Gasteiger charge is -2.19. The van der Waals surface area contributed by atoms with E-state index in [1.54, 1.807) is 30.5 Å². The molecule has 0 radical (unpaired) electrons. The number of anilines is 1. The first-order chi connectivity index (χ1) is 13.6. The third-order valence-electron chi connectivity index (χ3n) is 4.08. The Kier molecular flexibility index (Phi) is 5.23. The molecule has 0 bridgehead atoms. The second-order valence-corrected chi connectivity index (χ2v) is 7.33. The fraction of sp³-hybridized carbons (Fsp3) is 0.167. The average Bonchev–Trinajstić information content (AvgIpc) is 3.12. The summed E-state index contributed by atoms with van der Waals surface area (Å²) in [5.74, 6) is 0.533. The third-order valence-corrected chi connectivity index (χ3v) is 5.49. The number of nitrogens with zero attached hydrogens (tertiary/aromatic N) is 3. The summed E-state index contributed by atoms with van der Waals surface area (Å²) < 4.78 is 15.0. The zero-order chi connectivity index (χ0) is 19.7. The van der Waals surface area contributed by atoms with E-state index in [4.69, 9.17) is 16.7 Å². The van der Waals surface area contributed by atoms with Gasteiger partial charge in [-0.15, -0.1) is 11.3 Å². The van der Waals surface area contributed by atoms with Gasteiger partial charge in [-0.05, 0) is 18.2 Å². The van der Waals surface area contributed by atoms with Crippen molar-refractivity contribution in [2.75, 3.05) is 18.6 Å². The van der Waals surface area contributed by atoms with E-state index in [-0.39, 0.29) is 17.3 Å². The molecule has 144 valence electrons. The summed E-state index contributed by atoms with van der Waals surface area (Å²) in [4.78, 5) is 13.1. The molecule has 1 aliphatic rings. The first-order valence-electron chi connectivity index (χ1n) is 8.32. The van der Waals surface area contributed by atoms with E-state index in [0.717, 1.165) is 4.70 Å². The van der Waals surface area contributed by atoms with Crippen LogP contribution in [0.5, 0.6) is 0 Å². The molecule has 0 saturated carbocycles. The third kappa shape index (κ3) is 3.57. The Labute approximate surface area is 168 Å². The number of rotatable bonds is 4. The normalized spacial score (nSPS) is 15.0. The van der Waals surface area contributed by atoms with Crippen molar-refractivity contribution in [2.24, 2.45) is 4.99 Å². The van der Waals surface area contributed by atoms with Crippen LogP contribution in [-0.2, 0) is 0 Å².